The molecule has 2 aliphatic heterocycles. The van der Waals surface area contributed by atoms with Gasteiger partial charge in [0.05, 0.1) is 24.2 Å². The number of hydrogen-bond acceptors (Lipinski definition) is 7. The van der Waals surface area contributed by atoms with Crippen LogP contribution < -0.4 is 10.2 Å². The predicted octanol–water partition coefficient (Wildman–Crippen LogP) is 4.36. The fourth-order valence-electron chi connectivity index (χ4n) is 5.24. The van der Waals surface area contributed by atoms with Crippen molar-refractivity contribution in [2.24, 2.45) is 0 Å². The molecule has 2 aliphatic rings. The maximum atomic E-state index is 14.1. The molecule has 12 heteroatoms. The zero-order chi connectivity index (χ0) is 27.8. The van der Waals surface area contributed by atoms with Crippen molar-refractivity contribution in [1.82, 2.24) is 24.4 Å². The third-order valence-electron chi connectivity index (χ3n) is 7.35. The van der Waals surface area contributed by atoms with E-state index in [1.807, 2.05) is 4.90 Å². The molecule has 0 saturated carbocycles. The molecule has 1 atom stereocenters. The molecule has 2 saturated heterocycles. The number of alkyl halides is 2. The second kappa shape index (κ2) is 10.8. The summed E-state index contributed by atoms with van der Waals surface area (Å²) in [4.78, 5) is 30.3. The van der Waals surface area contributed by atoms with Crippen LogP contribution in [0.15, 0.2) is 48.5 Å². The van der Waals surface area contributed by atoms with E-state index >= 15 is 0 Å². The van der Waals surface area contributed by atoms with Gasteiger partial charge in [-0.15, -0.1) is 0 Å². The van der Waals surface area contributed by atoms with Crippen LogP contribution in [0.5, 0.6) is 0 Å². The maximum Gasteiger partial charge on any atom is 0.296 e. The average Bonchev–Trinajstić information content (AvgIpc) is 3.59. The molecule has 208 valence electrons. The quantitative estimate of drug-likeness (QED) is 0.381. The number of hydrogen-bond donors (Lipinski definition) is 1. The lowest BCUT2D eigenvalue weighted by Gasteiger charge is -2.28. The molecule has 0 aliphatic carbocycles. The second-order valence-electron chi connectivity index (χ2n) is 9.90. The first-order chi connectivity index (χ1) is 19.4. The summed E-state index contributed by atoms with van der Waals surface area (Å²) in [6.07, 6.45) is -2.19. The predicted molar refractivity (Wildman–Crippen MR) is 144 cm³/mol. The third-order valence-corrected chi connectivity index (χ3v) is 7.35. The van der Waals surface area contributed by atoms with Gasteiger partial charge in [0.2, 0.25) is 5.95 Å². The fourth-order valence-corrected chi connectivity index (χ4v) is 5.24. The Morgan fingerprint density at radius 2 is 1.80 bits per heavy atom. The Kier molecular flexibility index (Phi) is 7.01. The van der Waals surface area contributed by atoms with Crippen molar-refractivity contribution >= 4 is 28.7 Å². The lowest BCUT2D eigenvalue weighted by molar-refractivity contribution is 0.0790. The number of aromatic nitrogens is 4. The van der Waals surface area contributed by atoms with Crippen molar-refractivity contribution in [2.45, 2.75) is 25.8 Å². The minimum atomic E-state index is -2.81. The van der Waals surface area contributed by atoms with Crippen molar-refractivity contribution in [3.63, 3.8) is 0 Å². The van der Waals surface area contributed by atoms with Crippen LogP contribution in [0, 0.1) is 12.7 Å². The molecule has 1 N–H and O–H groups in total. The molecule has 9 nitrogen and oxygen atoms in total. The van der Waals surface area contributed by atoms with Crippen molar-refractivity contribution in [3.05, 3.63) is 71.3 Å². The number of carbonyl (C=O) groups is 1. The monoisotopic (exact) mass is 551 g/mol. The molecule has 4 aromatic rings. The molecule has 2 fully saturated rings. The minimum Gasteiger partial charge on any atom is -0.378 e. The largest absolute Gasteiger partial charge is 0.378 e. The molecule has 1 amide bonds. The Morgan fingerprint density at radius 1 is 1.02 bits per heavy atom. The lowest BCUT2D eigenvalue weighted by atomic mass is 10.1. The number of carbonyl (C=O) groups excluding carboxylic acids is 1. The third kappa shape index (κ3) is 4.94. The van der Waals surface area contributed by atoms with Gasteiger partial charge in [0.25, 0.3) is 12.3 Å². The highest BCUT2D eigenvalue weighted by Crippen LogP contribution is 2.30. The van der Waals surface area contributed by atoms with Crippen LogP contribution in [0.1, 0.15) is 34.6 Å². The molecule has 2 aromatic carbocycles. The highest BCUT2D eigenvalue weighted by Gasteiger charge is 2.29. The molecule has 0 spiro atoms. The van der Waals surface area contributed by atoms with Gasteiger partial charge >= 0.3 is 0 Å². The van der Waals surface area contributed by atoms with E-state index < -0.39 is 18.1 Å². The summed E-state index contributed by atoms with van der Waals surface area (Å²) >= 11 is 0. The number of morpholine rings is 1. The number of halogens is 3. The molecule has 6 rings (SSSR count). The van der Waals surface area contributed by atoms with Gasteiger partial charge in [0, 0.05) is 43.9 Å². The lowest BCUT2D eigenvalue weighted by Crippen LogP contribution is -2.37. The van der Waals surface area contributed by atoms with Gasteiger partial charge in [-0.2, -0.15) is 9.97 Å². The molecular weight excluding hydrogens is 523 g/mol. The van der Waals surface area contributed by atoms with Gasteiger partial charge in [0.1, 0.15) is 17.5 Å². The number of ether oxygens (including phenoxy) is 1. The van der Waals surface area contributed by atoms with Crippen molar-refractivity contribution in [1.29, 1.82) is 0 Å². The van der Waals surface area contributed by atoms with Gasteiger partial charge in [0.15, 0.2) is 5.82 Å². The van der Waals surface area contributed by atoms with Crippen LogP contribution in [0.2, 0.25) is 0 Å². The Balaban J connectivity index is 1.32. The zero-order valence-corrected chi connectivity index (χ0v) is 21.9. The summed E-state index contributed by atoms with van der Waals surface area (Å²) in [6, 6.07) is 12.9. The second-order valence-corrected chi connectivity index (χ2v) is 9.90. The van der Waals surface area contributed by atoms with Gasteiger partial charge in [-0.05, 0) is 43.2 Å². The van der Waals surface area contributed by atoms with E-state index in [-0.39, 0.29) is 23.7 Å². The van der Waals surface area contributed by atoms with E-state index in [0.29, 0.717) is 73.8 Å². The summed E-state index contributed by atoms with van der Waals surface area (Å²) in [5.41, 5.74) is 1.60. The molecular formula is C28H28F3N7O2. The van der Waals surface area contributed by atoms with Crippen LogP contribution in [-0.4, -0.2) is 75.8 Å². The normalized spacial score (nSPS) is 17.7. The highest BCUT2D eigenvalue weighted by molar-refractivity contribution is 5.96. The number of amides is 1. The number of likely N-dealkylation sites (tertiary alicyclic amines) is 1. The van der Waals surface area contributed by atoms with E-state index in [1.165, 1.54) is 16.7 Å². The topological polar surface area (TPSA) is 88.4 Å². The Bertz CT molecular complexity index is 1550. The number of para-hydroxylation sites is 2. The Morgan fingerprint density at radius 3 is 2.60 bits per heavy atom. The fraction of sp³-hybridized carbons (Fsp3) is 0.357. The smallest absolute Gasteiger partial charge is 0.296 e. The van der Waals surface area contributed by atoms with Gasteiger partial charge < -0.3 is 19.9 Å². The van der Waals surface area contributed by atoms with E-state index in [1.54, 1.807) is 48.2 Å². The van der Waals surface area contributed by atoms with Crippen molar-refractivity contribution < 1.29 is 22.7 Å². The molecule has 2 aromatic heterocycles. The summed E-state index contributed by atoms with van der Waals surface area (Å²) in [5, 5.41) is 3.31. The first-order valence-electron chi connectivity index (χ1n) is 13.2. The molecule has 0 radical (unpaired) electrons. The highest BCUT2D eigenvalue weighted by atomic mass is 19.3. The number of nitrogens with zero attached hydrogens (tertiary/aromatic N) is 6. The van der Waals surface area contributed by atoms with Gasteiger partial charge in [-0.1, -0.05) is 18.2 Å². The van der Waals surface area contributed by atoms with Crippen LogP contribution in [0.4, 0.5) is 24.9 Å². The number of nitrogens with one attached hydrogen (secondary N) is 1. The number of anilines is 2. The number of fused-ring (bicyclic) bond motifs is 1. The first-order valence-corrected chi connectivity index (χ1v) is 13.2. The average molecular weight is 552 g/mol. The van der Waals surface area contributed by atoms with E-state index in [9.17, 15) is 18.0 Å². The van der Waals surface area contributed by atoms with E-state index in [0.717, 1.165) is 0 Å². The summed E-state index contributed by atoms with van der Waals surface area (Å²) in [5.74, 6) is 0.0479. The van der Waals surface area contributed by atoms with E-state index in [4.69, 9.17) is 9.72 Å². The molecule has 0 unspecified atom stereocenters. The number of imidazole rings is 1. The first kappa shape index (κ1) is 26.1. The van der Waals surface area contributed by atoms with Crippen LogP contribution >= 0.6 is 0 Å². The zero-order valence-electron chi connectivity index (χ0n) is 21.9. The Hall–Kier alpha value is -4.19. The van der Waals surface area contributed by atoms with Gasteiger partial charge in [-0.25, -0.2) is 18.2 Å². The molecule has 0 bridgehead atoms. The summed E-state index contributed by atoms with van der Waals surface area (Å²) in [6.45, 7) is 4.68. The molecule has 4 heterocycles. The number of rotatable bonds is 6. The van der Waals surface area contributed by atoms with Gasteiger partial charge in [-0.3, -0.25) is 9.36 Å². The summed E-state index contributed by atoms with van der Waals surface area (Å²) in [7, 11) is 0. The van der Waals surface area contributed by atoms with Crippen LogP contribution in [0.25, 0.3) is 16.9 Å². The van der Waals surface area contributed by atoms with Crippen molar-refractivity contribution in [2.75, 3.05) is 49.6 Å². The molecule has 40 heavy (non-hydrogen) atoms. The van der Waals surface area contributed by atoms with E-state index in [2.05, 4.69) is 15.3 Å². The standard InChI is InChI=1S/C28H28F3N7O2/c1-17-19(5-4-6-20(17)29)27(39)37-10-9-18(16-37)32-28-34-23(36-11-13-40-14-12-36)15-24(35-28)38-22-8-3-2-7-21(22)33-26(38)25(30)31/h2-8,15,18,25H,9-14,16H2,1H3,(H,32,34,35)/t18-/m0/s1. The summed E-state index contributed by atoms with van der Waals surface area (Å²) < 4.78 is 49.1. The van der Waals surface area contributed by atoms with Crippen molar-refractivity contribution in [3.8, 4) is 5.82 Å². The SMILES string of the molecule is Cc1c(F)cccc1C(=O)N1CC[C@H](Nc2nc(N3CCOCC3)cc(-n3c(C(F)F)nc4ccccc43)n2)C1. The Labute approximate surface area is 228 Å². The minimum absolute atomic E-state index is 0.181. The van der Waals surface area contributed by atoms with Crippen LogP contribution in [-0.2, 0) is 4.74 Å². The maximum absolute atomic E-state index is 14.1. The van der Waals surface area contributed by atoms with Crippen LogP contribution in [0.3, 0.4) is 0 Å². The number of benzene rings is 2.